The summed E-state index contributed by atoms with van der Waals surface area (Å²) in [5.41, 5.74) is 10.8. The predicted octanol–water partition coefficient (Wildman–Crippen LogP) is 3.89. The smallest absolute Gasteiger partial charge is 0.0457 e. The Kier molecular flexibility index (Phi) is 2.12. The molecule has 0 bridgehead atoms. The zero-order chi connectivity index (χ0) is 12.2. The van der Waals surface area contributed by atoms with Gasteiger partial charge in [-0.25, -0.2) is 0 Å². The normalized spacial score (nSPS) is 12.5. The Morgan fingerprint density at radius 2 is 1.76 bits per heavy atom. The van der Waals surface area contributed by atoms with Gasteiger partial charge in [-0.1, -0.05) is 23.8 Å². The topological polar surface area (TPSA) is 12.9 Å². The minimum absolute atomic E-state index is 1.07. The summed E-state index contributed by atoms with van der Waals surface area (Å²) < 4.78 is 0. The van der Waals surface area contributed by atoms with Crippen LogP contribution < -0.4 is 0 Å². The van der Waals surface area contributed by atoms with Crippen molar-refractivity contribution < 1.29 is 0 Å². The van der Waals surface area contributed by atoms with E-state index in [2.05, 4.69) is 50.9 Å². The molecule has 0 fully saturated rings. The first-order valence-corrected chi connectivity index (χ1v) is 6.14. The molecule has 0 unspecified atom stereocenters. The van der Waals surface area contributed by atoms with Crippen molar-refractivity contribution in [3.63, 3.8) is 0 Å². The molecule has 0 saturated heterocycles. The standard InChI is InChI=1S/C16H17N/c1-9-5-6-14-13(7-9)8-15-10(2)11(3)17-12(4)16(14)15/h5-7H,8H2,1-4H3. The molecule has 1 aliphatic carbocycles. The lowest BCUT2D eigenvalue weighted by Gasteiger charge is -2.10. The highest BCUT2D eigenvalue weighted by atomic mass is 14.7. The van der Waals surface area contributed by atoms with Crippen LogP contribution in [0.5, 0.6) is 0 Å². The second-order valence-electron chi connectivity index (χ2n) is 5.10. The molecule has 0 saturated carbocycles. The van der Waals surface area contributed by atoms with Gasteiger partial charge in [-0.05, 0) is 56.4 Å². The zero-order valence-electron chi connectivity index (χ0n) is 10.9. The summed E-state index contributed by atoms with van der Waals surface area (Å²) >= 11 is 0. The lowest BCUT2D eigenvalue weighted by molar-refractivity contribution is 1.06. The third kappa shape index (κ3) is 1.42. The van der Waals surface area contributed by atoms with E-state index >= 15 is 0 Å². The van der Waals surface area contributed by atoms with Crippen molar-refractivity contribution >= 4 is 0 Å². The molecule has 3 rings (SSSR count). The van der Waals surface area contributed by atoms with E-state index in [-0.39, 0.29) is 0 Å². The first-order chi connectivity index (χ1) is 8.08. The van der Waals surface area contributed by atoms with Crippen molar-refractivity contribution in [2.75, 3.05) is 0 Å². The lowest BCUT2D eigenvalue weighted by Crippen LogP contribution is -1.97. The van der Waals surface area contributed by atoms with Gasteiger partial charge >= 0.3 is 0 Å². The summed E-state index contributed by atoms with van der Waals surface area (Å²) in [6.45, 7) is 8.59. The van der Waals surface area contributed by atoms with Crippen LogP contribution in [-0.2, 0) is 6.42 Å². The average molecular weight is 223 g/mol. The molecule has 2 aromatic rings. The van der Waals surface area contributed by atoms with Gasteiger partial charge in [-0.15, -0.1) is 0 Å². The maximum absolute atomic E-state index is 4.67. The summed E-state index contributed by atoms with van der Waals surface area (Å²) in [6.07, 6.45) is 1.07. The van der Waals surface area contributed by atoms with Crippen LogP contribution in [0.2, 0.25) is 0 Å². The van der Waals surface area contributed by atoms with E-state index in [1.165, 1.54) is 44.8 Å². The van der Waals surface area contributed by atoms with Gasteiger partial charge in [0.2, 0.25) is 0 Å². The number of hydrogen-bond donors (Lipinski definition) is 0. The van der Waals surface area contributed by atoms with Crippen molar-refractivity contribution in [3.8, 4) is 11.1 Å². The van der Waals surface area contributed by atoms with E-state index in [9.17, 15) is 0 Å². The Bertz CT molecular complexity index is 624. The van der Waals surface area contributed by atoms with Crippen LogP contribution in [0, 0.1) is 27.7 Å². The molecule has 0 amide bonds. The first-order valence-electron chi connectivity index (χ1n) is 6.14. The van der Waals surface area contributed by atoms with Crippen LogP contribution in [0.1, 0.15) is 33.6 Å². The summed E-state index contributed by atoms with van der Waals surface area (Å²) in [5.74, 6) is 0. The van der Waals surface area contributed by atoms with E-state index in [1.54, 1.807) is 0 Å². The second-order valence-corrected chi connectivity index (χ2v) is 5.10. The Morgan fingerprint density at radius 3 is 2.53 bits per heavy atom. The van der Waals surface area contributed by atoms with Crippen molar-refractivity contribution in [1.29, 1.82) is 0 Å². The van der Waals surface area contributed by atoms with Gasteiger partial charge in [0.05, 0.1) is 0 Å². The van der Waals surface area contributed by atoms with Crippen LogP contribution >= 0.6 is 0 Å². The van der Waals surface area contributed by atoms with Gasteiger partial charge in [-0.3, -0.25) is 4.98 Å². The molecule has 1 aliphatic rings. The summed E-state index contributed by atoms with van der Waals surface area (Å²) in [7, 11) is 0. The number of hydrogen-bond acceptors (Lipinski definition) is 1. The molecule has 0 radical (unpaired) electrons. The number of pyridine rings is 1. The maximum Gasteiger partial charge on any atom is 0.0457 e. The minimum Gasteiger partial charge on any atom is -0.258 e. The van der Waals surface area contributed by atoms with Crippen molar-refractivity contribution in [1.82, 2.24) is 4.98 Å². The van der Waals surface area contributed by atoms with Crippen molar-refractivity contribution in [2.45, 2.75) is 34.1 Å². The molecule has 1 aromatic carbocycles. The molecule has 86 valence electrons. The number of nitrogens with zero attached hydrogens (tertiary/aromatic N) is 1. The average Bonchev–Trinajstić information content (AvgIpc) is 2.64. The Hall–Kier alpha value is -1.63. The third-order valence-electron chi connectivity index (χ3n) is 3.89. The second kappa shape index (κ2) is 3.43. The molecule has 0 N–H and O–H groups in total. The van der Waals surface area contributed by atoms with E-state index in [0.29, 0.717) is 0 Å². The molecular formula is C16H17N. The number of aromatic nitrogens is 1. The fraction of sp³-hybridized carbons (Fsp3) is 0.312. The third-order valence-corrected chi connectivity index (χ3v) is 3.89. The molecule has 0 aliphatic heterocycles. The zero-order valence-corrected chi connectivity index (χ0v) is 10.9. The van der Waals surface area contributed by atoms with Crippen LogP contribution in [-0.4, -0.2) is 4.98 Å². The number of fused-ring (bicyclic) bond motifs is 3. The first kappa shape index (κ1) is 10.5. The molecule has 0 atom stereocenters. The van der Waals surface area contributed by atoms with Gasteiger partial charge in [0.1, 0.15) is 0 Å². The predicted molar refractivity (Wildman–Crippen MR) is 71.4 cm³/mol. The highest BCUT2D eigenvalue weighted by Crippen LogP contribution is 2.40. The molecule has 1 heterocycles. The van der Waals surface area contributed by atoms with Crippen molar-refractivity contribution in [2.24, 2.45) is 0 Å². The highest BCUT2D eigenvalue weighted by Gasteiger charge is 2.23. The van der Waals surface area contributed by atoms with Crippen molar-refractivity contribution in [3.05, 3.63) is 51.8 Å². The Morgan fingerprint density at radius 1 is 1.00 bits per heavy atom. The quantitative estimate of drug-likeness (QED) is 0.563. The number of aryl methyl sites for hydroxylation is 3. The number of rotatable bonds is 0. The van der Waals surface area contributed by atoms with E-state index in [0.717, 1.165) is 6.42 Å². The fourth-order valence-corrected chi connectivity index (χ4v) is 2.90. The minimum atomic E-state index is 1.07. The molecule has 1 nitrogen and oxygen atoms in total. The highest BCUT2D eigenvalue weighted by molar-refractivity contribution is 5.80. The Labute approximate surface area is 103 Å². The van der Waals surface area contributed by atoms with Gasteiger partial charge in [0, 0.05) is 17.0 Å². The lowest BCUT2D eigenvalue weighted by atomic mass is 10.00. The van der Waals surface area contributed by atoms with Crippen LogP contribution in [0.25, 0.3) is 11.1 Å². The number of benzene rings is 1. The molecule has 17 heavy (non-hydrogen) atoms. The maximum atomic E-state index is 4.67. The van der Waals surface area contributed by atoms with Gasteiger partial charge in [-0.2, -0.15) is 0 Å². The fourth-order valence-electron chi connectivity index (χ4n) is 2.90. The van der Waals surface area contributed by atoms with E-state index in [1.807, 2.05) is 0 Å². The molecule has 1 aromatic heterocycles. The molecule has 0 spiro atoms. The van der Waals surface area contributed by atoms with Gasteiger partial charge < -0.3 is 0 Å². The van der Waals surface area contributed by atoms with Crippen LogP contribution in [0.15, 0.2) is 18.2 Å². The van der Waals surface area contributed by atoms with Crippen LogP contribution in [0.4, 0.5) is 0 Å². The summed E-state index contributed by atoms with van der Waals surface area (Å²) in [6, 6.07) is 6.76. The largest absolute Gasteiger partial charge is 0.258 e. The molecule has 1 heteroatoms. The van der Waals surface area contributed by atoms with Gasteiger partial charge in [0.15, 0.2) is 0 Å². The monoisotopic (exact) mass is 223 g/mol. The SMILES string of the molecule is Cc1ccc2c(c1)Cc1c(C)c(C)nc(C)c1-2. The van der Waals surface area contributed by atoms with Crippen LogP contribution in [0.3, 0.4) is 0 Å². The van der Waals surface area contributed by atoms with Gasteiger partial charge in [0.25, 0.3) is 0 Å². The summed E-state index contributed by atoms with van der Waals surface area (Å²) in [5, 5.41) is 0. The summed E-state index contributed by atoms with van der Waals surface area (Å²) in [4.78, 5) is 4.67. The Balaban J connectivity index is 2.34. The van der Waals surface area contributed by atoms with E-state index in [4.69, 9.17) is 0 Å². The van der Waals surface area contributed by atoms with E-state index < -0.39 is 0 Å². The molecular weight excluding hydrogens is 206 g/mol.